The Morgan fingerprint density at radius 3 is 3.00 bits per heavy atom. The molecule has 3 N–H and O–H groups in total. The summed E-state index contributed by atoms with van der Waals surface area (Å²) in [5, 5.41) is 8.82. The van der Waals surface area contributed by atoms with E-state index in [9.17, 15) is 4.79 Å². The van der Waals surface area contributed by atoms with Crippen molar-refractivity contribution in [1.29, 1.82) is 0 Å². The molecule has 1 fully saturated rings. The van der Waals surface area contributed by atoms with Crippen LogP contribution in [0.4, 0.5) is 5.69 Å². The molecule has 0 saturated carbocycles. The van der Waals surface area contributed by atoms with Crippen LogP contribution in [0.3, 0.4) is 0 Å². The summed E-state index contributed by atoms with van der Waals surface area (Å²) >= 11 is 0. The van der Waals surface area contributed by atoms with Crippen LogP contribution in [-0.4, -0.2) is 47.3 Å². The minimum Gasteiger partial charge on any atom is -0.482 e. The highest BCUT2D eigenvalue weighted by atomic mass is 16.5. The molecule has 7 nitrogen and oxygen atoms in total. The van der Waals surface area contributed by atoms with Gasteiger partial charge in [-0.25, -0.2) is 4.79 Å². The molecule has 26 heavy (non-hydrogen) atoms. The van der Waals surface area contributed by atoms with Gasteiger partial charge in [0.1, 0.15) is 11.9 Å². The van der Waals surface area contributed by atoms with Crippen molar-refractivity contribution < 1.29 is 19.4 Å². The highest BCUT2D eigenvalue weighted by molar-refractivity contribution is 5.68. The normalized spacial score (nSPS) is 17.8. The number of aliphatic carboxylic acids is 1. The highest BCUT2D eigenvalue weighted by Gasteiger charge is 2.24. The molecular formula is C19H23N3O4. The van der Waals surface area contributed by atoms with Crippen molar-refractivity contribution in [3.8, 4) is 5.75 Å². The number of hydrogen-bond acceptors (Lipinski definition) is 6. The second-order valence-electron chi connectivity index (χ2n) is 6.35. The molecule has 0 amide bonds. The first-order chi connectivity index (χ1) is 12.5. The molecule has 2 heterocycles. The number of rotatable bonds is 6. The lowest BCUT2D eigenvalue weighted by Gasteiger charge is -2.33. The van der Waals surface area contributed by atoms with E-state index in [0.717, 1.165) is 23.5 Å². The van der Waals surface area contributed by atoms with E-state index >= 15 is 0 Å². The SMILES string of the molecule is Cc1cc(N)cc([C@H]2CN(Cc3ccccc3OCC(=O)O)CCO2)n1. The first kappa shape index (κ1) is 18.2. The molecule has 0 radical (unpaired) electrons. The molecule has 0 aliphatic carbocycles. The first-order valence-electron chi connectivity index (χ1n) is 8.52. The number of nitrogens with zero attached hydrogens (tertiary/aromatic N) is 2. The summed E-state index contributed by atoms with van der Waals surface area (Å²) in [5.74, 6) is -0.398. The number of morpholine rings is 1. The Balaban J connectivity index is 1.70. The molecule has 138 valence electrons. The summed E-state index contributed by atoms with van der Waals surface area (Å²) in [5.41, 5.74) is 9.26. The zero-order valence-electron chi connectivity index (χ0n) is 14.7. The van der Waals surface area contributed by atoms with E-state index in [1.54, 1.807) is 6.07 Å². The molecule has 3 rings (SSSR count). The number of hydrogen-bond donors (Lipinski definition) is 2. The molecule has 7 heteroatoms. The maximum Gasteiger partial charge on any atom is 0.341 e. The fraction of sp³-hybridized carbons (Fsp3) is 0.368. The lowest BCUT2D eigenvalue weighted by Crippen LogP contribution is -2.38. The summed E-state index contributed by atoms with van der Waals surface area (Å²) in [7, 11) is 0. The van der Waals surface area contributed by atoms with E-state index in [4.69, 9.17) is 20.3 Å². The largest absolute Gasteiger partial charge is 0.482 e. The quantitative estimate of drug-likeness (QED) is 0.816. The molecule has 0 bridgehead atoms. The van der Waals surface area contributed by atoms with E-state index in [-0.39, 0.29) is 12.7 Å². The third-order valence-electron chi connectivity index (χ3n) is 4.19. The number of carboxylic acid groups (broad SMARTS) is 1. The van der Waals surface area contributed by atoms with E-state index in [1.807, 2.05) is 37.3 Å². The van der Waals surface area contributed by atoms with Gasteiger partial charge in [-0.1, -0.05) is 18.2 Å². The van der Waals surface area contributed by atoms with Crippen LogP contribution in [0.15, 0.2) is 36.4 Å². The predicted octanol–water partition coefficient (Wildman–Crippen LogP) is 2.01. The van der Waals surface area contributed by atoms with Crippen LogP contribution >= 0.6 is 0 Å². The number of nitrogens with two attached hydrogens (primary N) is 1. The van der Waals surface area contributed by atoms with E-state index in [2.05, 4.69) is 9.88 Å². The maximum atomic E-state index is 10.8. The monoisotopic (exact) mass is 357 g/mol. The van der Waals surface area contributed by atoms with Crippen molar-refractivity contribution in [2.24, 2.45) is 0 Å². The number of pyridine rings is 1. The smallest absolute Gasteiger partial charge is 0.341 e. The van der Waals surface area contributed by atoms with Crippen LogP contribution in [-0.2, 0) is 16.1 Å². The van der Waals surface area contributed by atoms with Crippen molar-refractivity contribution in [2.45, 2.75) is 19.6 Å². The van der Waals surface area contributed by atoms with Gasteiger partial charge in [0, 0.05) is 36.6 Å². The summed E-state index contributed by atoms with van der Waals surface area (Å²) in [6.45, 7) is 4.27. The van der Waals surface area contributed by atoms with Gasteiger partial charge in [-0.05, 0) is 25.1 Å². The van der Waals surface area contributed by atoms with Gasteiger partial charge < -0.3 is 20.3 Å². The molecular weight excluding hydrogens is 334 g/mol. The Bertz CT molecular complexity index is 761. The zero-order valence-corrected chi connectivity index (χ0v) is 14.7. The van der Waals surface area contributed by atoms with Gasteiger partial charge in [-0.3, -0.25) is 9.88 Å². The Labute approximate surface area is 152 Å². The Morgan fingerprint density at radius 1 is 1.42 bits per heavy atom. The molecule has 1 aromatic carbocycles. The van der Waals surface area contributed by atoms with Crippen molar-refractivity contribution >= 4 is 11.7 Å². The van der Waals surface area contributed by atoms with Gasteiger partial charge in [0.25, 0.3) is 0 Å². The number of ether oxygens (including phenoxy) is 2. The average molecular weight is 357 g/mol. The number of aryl methyl sites for hydroxylation is 1. The van der Waals surface area contributed by atoms with E-state index < -0.39 is 5.97 Å². The lowest BCUT2D eigenvalue weighted by atomic mass is 10.1. The molecule has 2 aromatic rings. The highest BCUT2D eigenvalue weighted by Crippen LogP contribution is 2.26. The van der Waals surface area contributed by atoms with Gasteiger partial charge in [0.15, 0.2) is 6.61 Å². The fourth-order valence-corrected chi connectivity index (χ4v) is 3.07. The van der Waals surface area contributed by atoms with E-state index in [1.165, 1.54) is 0 Å². The number of carboxylic acids is 1. The Hall–Kier alpha value is -2.64. The number of aromatic nitrogens is 1. The van der Waals surface area contributed by atoms with Gasteiger partial charge in [0.05, 0.1) is 12.3 Å². The van der Waals surface area contributed by atoms with E-state index in [0.29, 0.717) is 31.1 Å². The Kier molecular flexibility index (Phi) is 5.70. The van der Waals surface area contributed by atoms with Crippen LogP contribution in [0.2, 0.25) is 0 Å². The standard InChI is InChI=1S/C19H23N3O4/c1-13-8-15(20)9-16(21-13)18-11-22(6-7-25-18)10-14-4-2-3-5-17(14)26-12-19(23)24/h2-5,8-9,18H,6-7,10-12H2,1H3,(H2,20,21)(H,23,24)/t18-/m1/s1. The van der Waals surface area contributed by atoms with Crippen LogP contribution < -0.4 is 10.5 Å². The summed E-state index contributed by atoms with van der Waals surface area (Å²) in [6, 6.07) is 11.2. The van der Waals surface area contributed by atoms with Crippen LogP contribution in [0, 0.1) is 6.92 Å². The molecule has 1 atom stereocenters. The third kappa shape index (κ3) is 4.71. The average Bonchev–Trinajstić information content (AvgIpc) is 2.60. The number of carbonyl (C=O) groups is 1. The molecule has 0 spiro atoms. The topological polar surface area (TPSA) is 97.9 Å². The summed E-state index contributed by atoms with van der Waals surface area (Å²) in [6.07, 6.45) is -0.141. The molecule has 1 saturated heterocycles. The lowest BCUT2D eigenvalue weighted by molar-refractivity contribution is -0.139. The number of nitrogen functional groups attached to an aromatic ring is 1. The summed E-state index contributed by atoms with van der Waals surface area (Å²) < 4.78 is 11.3. The van der Waals surface area contributed by atoms with Crippen LogP contribution in [0.25, 0.3) is 0 Å². The minimum absolute atomic E-state index is 0.141. The second kappa shape index (κ2) is 8.16. The van der Waals surface area contributed by atoms with Gasteiger partial charge in [-0.15, -0.1) is 0 Å². The van der Waals surface area contributed by atoms with Gasteiger partial charge in [0.2, 0.25) is 0 Å². The fourth-order valence-electron chi connectivity index (χ4n) is 3.07. The second-order valence-corrected chi connectivity index (χ2v) is 6.35. The first-order valence-corrected chi connectivity index (χ1v) is 8.52. The van der Waals surface area contributed by atoms with Crippen LogP contribution in [0.5, 0.6) is 5.75 Å². The molecule has 1 aromatic heterocycles. The molecule has 0 unspecified atom stereocenters. The molecule has 1 aliphatic rings. The number of benzene rings is 1. The predicted molar refractivity (Wildman–Crippen MR) is 96.9 cm³/mol. The van der Waals surface area contributed by atoms with Crippen molar-refractivity contribution in [3.63, 3.8) is 0 Å². The van der Waals surface area contributed by atoms with Crippen molar-refractivity contribution in [3.05, 3.63) is 53.3 Å². The Morgan fingerprint density at radius 2 is 2.23 bits per heavy atom. The molecule has 1 aliphatic heterocycles. The van der Waals surface area contributed by atoms with Crippen molar-refractivity contribution in [2.75, 3.05) is 32.0 Å². The third-order valence-corrected chi connectivity index (χ3v) is 4.19. The summed E-state index contributed by atoms with van der Waals surface area (Å²) in [4.78, 5) is 17.6. The zero-order chi connectivity index (χ0) is 18.5. The maximum absolute atomic E-state index is 10.8. The van der Waals surface area contributed by atoms with Gasteiger partial charge in [-0.2, -0.15) is 0 Å². The number of anilines is 1. The minimum atomic E-state index is -0.991. The number of para-hydroxylation sites is 1. The van der Waals surface area contributed by atoms with Crippen molar-refractivity contribution in [1.82, 2.24) is 9.88 Å². The van der Waals surface area contributed by atoms with Gasteiger partial charge >= 0.3 is 5.97 Å². The van der Waals surface area contributed by atoms with Crippen LogP contribution in [0.1, 0.15) is 23.1 Å².